The second-order valence-corrected chi connectivity index (χ2v) is 5.67. The van der Waals surface area contributed by atoms with Crippen molar-refractivity contribution in [2.24, 2.45) is 0 Å². The van der Waals surface area contributed by atoms with Gasteiger partial charge in [0, 0.05) is 15.4 Å². The Labute approximate surface area is 130 Å². The average Bonchev–Trinajstić information content (AvgIpc) is 2.47. The fraction of sp³-hybridized carbons (Fsp3) is 0.0588. The van der Waals surface area contributed by atoms with Crippen LogP contribution in [0.5, 0.6) is 0 Å². The van der Waals surface area contributed by atoms with Crippen LogP contribution < -0.4 is 0 Å². The van der Waals surface area contributed by atoms with Crippen LogP contribution in [0, 0.1) is 6.92 Å². The highest BCUT2D eigenvalue weighted by atomic mass is 79.9. The van der Waals surface area contributed by atoms with E-state index in [1.54, 1.807) is 12.1 Å². The summed E-state index contributed by atoms with van der Waals surface area (Å²) >= 11 is 3.49. The lowest BCUT2D eigenvalue weighted by Gasteiger charge is -2.10. The fourth-order valence-electron chi connectivity index (χ4n) is 2.38. The van der Waals surface area contributed by atoms with Crippen LogP contribution in [-0.2, 0) is 0 Å². The van der Waals surface area contributed by atoms with E-state index >= 15 is 0 Å². The molecule has 0 radical (unpaired) electrons. The van der Waals surface area contributed by atoms with E-state index in [1.807, 2.05) is 43.3 Å². The third kappa shape index (κ3) is 2.43. The van der Waals surface area contributed by atoms with E-state index in [1.165, 1.54) is 0 Å². The van der Waals surface area contributed by atoms with Gasteiger partial charge in [0.2, 0.25) is 0 Å². The number of carbonyl (C=O) groups is 1. The Bertz CT molecular complexity index is 859. The number of aromatic nitrogens is 1. The first-order valence-corrected chi connectivity index (χ1v) is 7.26. The van der Waals surface area contributed by atoms with Crippen molar-refractivity contribution in [1.29, 1.82) is 0 Å². The number of halogens is 1. The molecule has 1 heterocycles. The third-order valence-electron chi connectivity index (χ3n) is 3.42. The first-order chi connectivity index (χ1) is 10.1. The van der Waals surface area contributed by atoms with Gasteiger partial charge in [-0.2, -0.15) is 0 Å². The van der Waals surface area contributed by atoms with Crippen LogP contribution in [0.4, 0.5) is 0 Å². The van der Waals surface area contributed by atoms with Crippen molar-refractivity contribution in [2.75, 3.05) is 0 Å². The van der Waals surface area contributed by atoms with Gasteiger partial charge < -0.3 is 5.11 Å². The molecule has 0 aliphatic heterocycles. The van der Waals surface area contributed by atoms with Crippen LogP contribution in [0.15, 0.2) is 53.0 Å². The number of para-hydroxylation sites is 1. The highest BCUT2D eigenvalue weighted by Gasteiger charge is 2.14. The molecule has 0 saturated carbocycles. The molecule has 0 fully saturated rings. The second kappa shape index (κ2) is 5.30. The van der Waals surface area contributed by atoms with Gasteiger partial charge in [-0.15, -0.1) is 0 Å². The number of hydrogen-bond acceptors (Lipinski definition) is 2. The predicted molar refractivity (Wildman–Crippen MR) is 86.6 cm³/mol. The molecule has 0 aliphatic rings. The molecule has 104 valence electrons. The number of nitrogens with zero attached hydrogens (tertiary/aromatic N) is 1. The molecular formula is C17H12BrNO2. The lowest BCUT2D eigenvalue weighted by Crippen LogP contribution is -2.01. The summed E-state index contributed by atoms with van der Waals surface area (Å²) in [5.74, 6) is -0.943. The van der Waals surface area contributed by atoms with Gasteiger partial charge in [0.15, 0.2) is 0 Å². The van der Waals surface area contributed by atoms with Crippen molar-refractivity contribution in [2.45, 2.75) is 6.92 Å². The number of hydrogen-bond donors (Lipinski definition) is 1. The van der Waals surface area contributed by atoms with E-state index in [9.17, 15) is 9.90 Å². The minimum Gasteiger partial charge on any atom is -0.478 e. The zero-order chi connectivity index (χ0) is 15.0. The minimum absolute atomic E-state index is 0.273. The molecule has 1 aromatic heterocycles. The van der Waals surface area contributed by atoms with E-state index in [2.05, 4.69) is 20.9 Å². The maximum absolute atomic E-state index is 11.6. The molecule has 3 nitrogen and oxygen atoms in total. The number of aryl methyl sites for hydroxylation is 1. The van der Waals surface area contributed by atoms with Crippen LogP contribution in [0.1, 0.15) is 15.9 Å². The van der Waals surface area contributed by atoms with E-state index in [0.717, 1.165) is 21.1 Å². The number of pyridine rings is 1. The smallest absolute Gasteiger partial charge is 0.336 e. The quantitative estimate of drug-likeness (QED) is 0.736. The van der Waals surface area contributed by atoms with Gasteiger partial charge in [-0.05, 0) is 24.6 Å². The summed E-state index contributed by atoms with van der Waals surface area (Å²) in [5, 5.41) is 10.1. The van der Waals surface area contributed by atoms with Gasteiger partial charge in [-0.25, -0.2) is 9.78 Å². The van der Waals surface area contributed by atoms with Crippen LogP contribution in [0.3, 0.4) is 0 Å². The summed E-state index contributed by atoms with van der Waals surface area (Å²) in [4.78, 5) is 16.2. The molecule has 3 aromatic rings. The normalized spacial score (nSPS) is 10.8. The van der Waals surface area contributed by atoms with Crippen molar-refractivity contribution < 1.29 is 9.90 Å². The maximum atomic E-state index is 11.6. The first-order valence-electron chi connectivity index (χ1n) is 6.46. The number of aromatic carboxylic acids is 1. The van der Waals surface area contributed by atoms with E-state index in [0.29, 0.717) is 11.1 Å². The van der Waals surface area contributed by atoms with Crippen LogP contribution >= 0.6 is 15.9 Å². The van der Waals surface area contributed by atoms with Gasteiger partial charge in [0.25, 0.3) is 0 Å². The van der Waals surface area contributed by atoms with Crippen molar-refractivity contribution in [3.05, 3.63) is 64.1 Å². The molecule has 3 rings (SSSR count). The molecule has 21 heavy (non-hydrogen) atoms. The SMILES string of the molecule is Cc1cccc2c(C(=O)O)cc(-c3ccccc3Br)nc12. The minimum atomic E-state index is -0.943. The maximum Gasteiger partial charge on any atom is 0.336 e. The molecule has 0 bridgehead atoms. The van der Waals surface area contributed by atoms with Crippen molar-refractivity contribution in [3.8, 4) is 11.3 Å². The van der Waals surface area contributed by atoms with Gasteiger partial charge in [0.05, 0.1) is 16.8 Å². The fourth-order valence-corrected chi connectivity index (χ4v) is 2.86. The molecule has 0 unspecified atom stereocenters. The second-order valence-electron chi connectivity index (χ2n) is 4.81. The van der Waals surface area contributed by atoms with Crippen LogP contribution in [0.25, 0.3) is 22.2 Å². The number of carboxylic acids is 1. The number of rotatable bonds is 2. The van der Waals surface area contributed by atoms with Crippen molar-refractivity contribution in [3.63, 3.8) is 0 Å². The highest BCUT2D eigenvalue weighted by molar-refractivity contribution is 9.10. The zero-order valence-corrected chi connectivity index (χ0v) is 12.9. The Balaban J connectivity index is 2.38. The Morgan fingerprint density at radius 2 is 1.90 bits per heavy atom. The van der Waals surface area contributed by atoms with Crippen LogP contribution in [0.2, 0.25) is 0 Å². The molecule has 4 heteroatoms. The van der Waals surface area contributed by atoms with Crippen molar-refractivity contribution >= 4 is 32.8 Å². The molecule has 0 atom stereocenters. The standard InChI is InChI=1S/C17H12BrNO2/c1-10-5-4-7-11-13(17(20)21)9-15(19-16(10)11)12-6-2-3-8-14(12)18/h2-9H,1H3,(H,20,21). The summed E-state index contributed by atoms with van der Waals surface area (Å²) in [6.07, 6.45) is 0. The Hall–Kier alpha value is -2.20. The zero-order valence-electron chi connectivity index (χ0n) is 11.3. The molecule has 2 aromatic carbocycles. The lowest BCUT2D eigenvalue weighted by molar-refractivity contribution is 0.0699. The summed E-state index contributed by atoms with van der Waals surface area (Å²) in [6.45, 7) is 1.94. The summed E-state index contributed by atoms with van der Waals surface area (Å²) in [5.41, 5.74) is 3.49. The first kappa shape index (κ1) is 13.8. The summed E-state index contributed by atoms with van der Waals surface area (Å²) < 4.78 is 0.891. The highest BCUT2D eigenvalue weighted by Crippen LogP contribution is 2.30. The monoisotopic (exact) mass is 341 g/mol. The molecule has 0 saturated heterocycles. The number of fused-ring (bicyclic) bond motifs is 1. The lowest BCUT2D eigenvalue weighted by atomic mass is 10.0. The van der Waals surface area contributed by atoms with Crippen LogP contribution in [-0.4, -0.2) is 16.1 Å². The molecule has 1 N–H and O–H groups in total. The molecule has 0 amide bonds. The number of benzene rings is 2. The predicted octanol–water partition coefficient (Wildman–Crippen LogP) is 4.67. The molecule has 0 aliphatic carbocycles. The Kier molecular flexibility index (Phi) is 3.47. The van der Waals surface area contributed by atoms with Gasteiger partial charge in [-0.1, -0.05) is 52.3 Å². The molecular weight excluding hydrogens is 330 g/mol. The van der Waals surface area contributed by atoms with E-state index < -0.39 is 5.97 Å². The average molecular weight is 342 g/mol. The van der Waals surface area contributed by atoms with Gasteiger partial charge >= 0.3 is 5.97 Å². The van der Waals surface area contributed by atoms with Crippen molar-refractivity contribution in [1.82, 2.24) is 4.98 Å². The van der Waals surface area contributed by atoms with E-state index in [-0.39, 0.29) is 5.56 Å². The number of carboxylic acid groups (broad SMARTS) is 1. The van der Waals surface area contributed by atoms with Gasteiger partial charge in [0.1, 0.15) is 0 Å². The Morgan fingerprint density at radius 3 is 2.62 bits per heavy atom. The van der Waals surface area contributed by atoms with Gasteiger partial charge in [-0.3, -0.25) is 0 Å². The Morgan fingerprint density at radius 1 is 1.14 bits per heavy atom. The topological polar surface area (TPSA) is 50.2 Å². The third-order valence-corrected chi connectivity index (χ3v) is 4.11. The summed E-state index contributed by atoms with van der Waals surface area (Å²) in [7, 11) is 0. The largest absolute Gasteiger partial charge is 0.478 e. The summed E-state index contributed by atoms with van der Waals surface area (Å²) in [6, 6.07) is 14.9. The van der Waals surface area contributed by atoms with E-state index in [4.69, 9.17) is 0 Å². The molecule has 0 spiro atoms.